The largest absolute Gasteiger partial charge is 0.274 e. The van der Waals surface area contributed by atoms with Crippen LogP contribution in [0.2, 0.25) is 0 Å². The summed E-state index contributed by atoms with van der Waals surface area (Å²) in [5, 5.41) is 0. The van der Waals surface area contributed by atoms with Crippen LogP contribution in [0.1, 0.15) is 6.92 Å². The number of hydrogen-bond donors (Lipinski definition) is 0. The molecule has 2 amide bonds. The molecule has 1 aliphatic heterocycles. The van der Waals surface area contributed by atoms with Crippen molar-refractivity contribution in [1.29, 1.82) is 0 Å². The maximum Gasteiger partial charge on any atom is 0.258 e. The van der Waals surface area contributed by atoms with E-state index in [0.717, 1.165) is 4.90 Å². The number of hydrogen-bond acceptors (Lipinski definition) is 2. The van der Waals surface area contributed by atoms with Gasteiger partial charge < -0.3 is 0 Å². The van der Waals surface area contributed by atoms with E-state index in [-0.39, 0.29) is 11.8 Å². The van der Waals surface area contributed by atoms with Crippen molar-refractivity contribution in [2.45, 2.75) is 6.92 Å². The van der Waals surface area contributed by atoms with E-state index in [1.54, 1.807) is 0 Å². The van der Waals surface area contributed by atoms with E-state index in [9.17, 15) is 9.59 Å². The van der Waals surface area contributed by atoms with Gasteiger partial charge in [-0.2, -0.15) is 0 Å². The molecule has 1 rings (SSSR count). The Bertz CT molecular complexity index is 171. The van der Waals surface area contributed by atoms with Crippen LogP contribution in [0.4, 0.5) is 0 Å². The maximum atomic E-state index is 10.3. The van der Waals surface area contributed by atoms with E-state index < -0.39 is 0 Å². The van der Waals surface area contributed by atoms with Gasteiger partial charge in [0, 0.05) is 19.2 Å². The average Bonchev–Trinajstić information content (AvgIpc) is 1.61. The van der Waals surface area contributed by atoms with Crippen molar-refractivity contribution in [3.63, 3.8) is 0 Å². The highest BCUT2D eigenvalue weighted by Crippen LogP contribution is 2.02. The summed E-state index contributed by atoms with van der Waals surface area (Å²) in [4.78, 5) is 21.6. The minimum absolute atomic E-state index is 0.225. The van der Waals surface area contributed by atoms with Gasteiger partial charge in [-0.15, -0.1) is 0 Å². The number of amides is 2. The third-order valence-corrected chi connectivity index (χ3v) is 0.943. The molecule has 0 aromatic heterocycles. The van der Waals surface area contributed by atoms with Gasteiger partial charge in [0.15, 0.2) is 0 Å². The number of imide groups is 1. The first-order chi connectivity index (χ1) is 3.72. The summed E-state index contributed by atoms with van der Waals surface area (Å²) < 4.78 is 0. The molecule has 0 atom stereocenters. The molecular weight excluding hydrogens is 106 g/mol. The highest BCUT2D eigenvalue weighted by Gasteiger charge is 2.18. The van der Waals surface area contributed by atoms with Gasteiger partial charge in [-0.3, -0.25) is 14.5 Å². The second kappa shape index (κ2) is 1.43. The highest BCUT2D eigenvalue weighted by atomic mass is 16.2. The Morgan fingerprint density at radius 1 is 1.75 bits per heavy atom. The summed E-state index contributed by atoms with van der Waals surface area (Å²) in [5.41, 5.74) is 0. The van der Waals surface area contributed by atoms with Crippen molar-refractivity contribution < 1.29 is 9.59 Å². The van der Waals surface area contributed by atoms with Gasteiger partial charge in [0.05, 0.1) is 0 Å². The lowest BCUT2D eigenvalue weighted by Gasteiger charge is -2.17. The van der Waals surface area contributed by atoms with Gasteiger partial charge >= 0.3 is 0 Å². The molecule has 1 aliphatic rings. The second-order valence-electron chi connectivity index (χ2n) is 1.54. The Morgan fingerprint density at radius 2 is 2.38 bits per heavy atom. The molecule has 3 heteroatoms. The van der Waals surface area contributed by atoms with Crippen molar-refractivity contribution >= 4 is 11.8 Å². The summed E-state index contributed by atoms with van der Waals surface area (Å²) in [5.74, 6) is -0.449. The average molecular weight is 111 g/mol. The van der Waals surface area contributed by atoms with Crippen LogP contribution in [0, 0.1) is 0 Å². The molecule has 0 aliphatic carbocycles. The van der Waals surface area contributed by atoms with Crippen LogP contribution in [0.15, 0.2) is 12.3 Å². The fourth-order valence-corrected chi connectivity index (χ4v) is 0.470. The summed E-state index contributed by atoms with van der Waals surface area (Å²) in [6.07, 6.45) is 2.80. The molecule has 0 saturated heterocycles. The molecule has 0 bridgehead atoms. The fraction of sp³-hybridized carbons (Fsp3) is 0.200. The molecule has 0 saturated carbocycles. The smallest absolute Gasteiger partial charge is 0.258 e. The first-order valence-electron chi connectivity index (χ1n) is 2.24. The fourth-order valence-electron chi connectivity index (χ4n) is 0.470. The lowest BCUT2D eigenvalue weighted by atomic mass is 10.3. The van der Waals surface area contributed by atoms with Gasteiger partial charge in [-0.1, -0.05) is 0 Å². The molecule has 0 fully saturated rings. The zero-order valence-corrected chi connectivity index (χ0v) is 4.42. The van der Waals surface area contributed by atoms with Crippen molar-refractivity contribution in [1.82, 2.24) is 4.90 Å². The minimum atomic E-state index is -0.225. The Morgan fingerprint density at radius 3 is 2.38 bits per heavy atom. The van der Waals surface area contributed by atoms with Crippen molar-refractivity contribution in [2.24, 2.45) is 0 Å². The molecule has 0 unspecified atom stereocenters. The van der Waals surface area contributed by atoms with Crippen LogP contribution >= 0.6 is 0 Å². The van der Waals surface area contributed by atoms with Gasteiger partial charge in [0.2, 0.25) is 5.91 Å². The zero-order chi connectivity index (χ0) is 6.15. The quantitative estimate of drug-likeness (QED) is 0.437. The van der Waals surface area contributed by atoms with Crippen molar-refractivity contribution in [3.05, 3.63) is 12.3 Å². The summed E-state index contributed by atoms with van der Waals surface area (Å²) >= 11 is 0. The highest BCUT2D eigenvalue weighted by molar-refractivity contribution is 6.06. The summed E-state index contributed by atoms with van der Waals surface area (Å²) in [7, 11) is 0. The Balaban J connectivity index is 2.66. The summed E-state index contributed by atoms with van der Waals surface area (Å²) in [6.45, 7) is 1.35. The molecule has 0 spiro atoms. The van der Waals surface area contributed by atoms with E-state index in [0.29, 0.717) is 0 Å². The monoisotopic (exact) mass is 111 g/mol. The molecular formula is C5H5NO2. The predicted molar refractivity (Wildman–Crippen MR) is 26.7 cm³/mol. The van der Waals surface area contributed by atoms with Gasteiger partial charge in [-0.05, 0) is 0 Å². The van der Waals surface area contributed by atoms with E-state index in [1.807, 2.05) is 0 Å². The third kappa shape index (κ3) is 0.521. The third-order valence-electron chi connectivity index (χ3n) is 0.943. The van der Waals surface area contributed by atoms with E-state index in [1.165, 1.54) is 19.2 Å². The van der Waals surface area contributed by atoms with Crippen LogP contribution in [0.25, 0.3) is 0 Å². The van der Waals surface area contributed by atoms with Crippen LogP contribution in [-0.2, 0) is 9.59 Å². The maximum absolute atomic E-state index is 10.3. The van der Waals surface area contributed by atoms with Crippen LogP contribution in [-0.4, -0.2) is 16.7 Å². The van der Waals surface area contributed by atoms with Crippen LogP contribution < -0.4 is 0 Å². The number of rotatable bonds is 0. The molecule has 0 aromatic carbocycles. The standard InChI is InChI=1S/C5H5NO2/c1-4(7)6-3-2-5(6)8/h2-3H,1H3. The van der Waals surface area contributed by atoms with E-state index in [4.69, 9.17) is 0 Å². The normalized spacial score (nSPS) is 16.1. The van der Waals surface area contributed by atoms with Crippen LogP contribution in [0.5, 0.6) is 0 Å². The second-order valence-corrected chi connectivity index (χ2v) is 1.54. The topological polar surface area (TPSA) is 37.4 Å². The Labute approximate surface area is 46.6 Å². The SMILES string of the molecule is CC(=O)N1C=CC1=O. The Kier molecular flexibility index (Phi) is 0.901. The van der Waals surface area contributed by atoms with Gasteiger partial charge in [0.1, 0.15) is 0 Å². The van der Waals surface area contributed by atoms with Crippen molar-refractivity contribution in [3.8, 4) is 0 Å². The van der Waals surface area contributed by atoms with Gasteiger partial charge in [0.25, 0.3) is 5.91 Å². The number of carbonyl (C=O) groups excluding carboxylic acids is 2. The lowest BCUT2D eigenvalue weighted by molar-refractivity contribution is -0.139. The number of nitrogens with zero attached hydrogens (tertiary/aromatic N) is 1. The molecule has 42 valence electrons. The first kappa shape index (κ1) is 5.03. The van der Waals surface area contributed by atoms with Crippen molar-refractivity contribution in [2.75, 3.05) is 0 Å². The van der Waals surface area contributed by atoms with Gasteiger partial charge in [-0.25, -0.2) is 0 Å². The zero-order valence-electron chi connectivity index (χ0n) is 4.42. The van der Waals surface area contributed by atoms with E-state index in [2.05, 4.69) is 0 Å². The number of carbonyl (C=O) groups is 2. The molecule has 1 heterocycles. The molecule has 0 aromatic rings. The van der Waals surface area contributed by atoms with E-state index >= 15 is 0 Å². The van der Waals surface area contributed by atoms with Crippen LogP contribution in [0.3, 0.4) is 0 Å². The minimum Gasteiger partial charge on any atom is -0.274 e. The molecule has 8 heavy (non-hydrogen) atoms. The Hall–Kier alpha value is -1.12. The predicted octanol–water partition coefficient (Wildman–Crippen LogP) is -0.111. The lowest BCUT2D eigenvalue weighted by Crippen LogP contribution is -2.34. The first-order valence-corrected chi connectivity index (χ1v) is 2.24. The molecule has 3 nitrogen and oxygen atoms in total. The molecule has 0 radical (unpaired) electrons. The summed E-state index contributed by atoms with van der Waals surface area (Å²) in [6, 6.07) is 0. The molecule has 0 N–H and O–H groups in total.